The van der Waals surface area contributed by atoms with Gasteiger partial charge in [-0.15, -0.1) is 0 Å². The highest BCUT2D eigenvalue weighted by molar-refractivity contribution is 5.61. The molecule has 1 N–H and O–H groups in total. The summed E-state index contributed by atoms with van der Waals surface area (Å²) in [4.78, 5) is 8.76. The Morgan fingerprint density at radius 3 is 2.45 bits per heavy atom. The minimum atomic E-state index is 0.100. The van der Waals surface area contributed by atoms with Gasteiger partial charge in [0, 0.05) is 23.9 Å². The molecule has 0 fully saturated rings. The monoisotopic (exact) mass is 301 g/mol. The number of rotatable bonds is 6. The van der Waals surface area contributed by atoms with Crippen LogP contribution in [0.4, 0.5) is 11.5 Å². The molecule has 0 aliphatic carbocycles. The van der Waals surface area contributed by atoms with Gasteiger partial charge in [-0.3, -0.25) is 0 Å². The number of nitrogens with zero attached hydrogens (tertiary/aromatic N) is 2. The van der Waals surface area contributed by atoms with Gasteiger partial charge in [0.1, 0.15) is 11.6 Å². The largest absolute Gasteiger partial charge is 0.493 e. The van der Waals surface area contributed by atoms with Crippen molar-refractivity contribution in [1.29, 1.82) is 0 Å². The molecule has 0 aliphatic rings. The average molecular weight is 301 g/mol. The van der Waals surface area contributed by atoms with E-state index in [2.05, 4.69) is 29.1 Å². The molecule has 1 aromatic heterocycles. The summed E-state index contributed by atoms with van der Waals surface area (Å²) in [5, 5.41) is 3.27. The van der Waals surface area contributed by atoms with Crippen LogP contribution in [-0.4, -0.2) is 23.2 Å². The van der Waals surface area contributed by atoms with Gasteiger partial charge in [-0.1, -0.05) is 13.8 Å². The van der Waals surface area contributed by atoms with Crippen LogP contribution >= 0.6 is 0 Å². The molecule has 0 unspecified atom stereocenters. The molecule has 0 spiro atoms. The van der Waals surface area contributed by atoms with Crippen LogP contribution in [0.3, 0.4) is 0 Å². The van der Waals surface area contributed by atoms with Crippen LogP contribution in [0.5, 0.6) is 11.5 Å². The van der Waals surface area contributed by atoms with Gasteiger partial charge in [0.25, 0.3) is 0 Å². The zero-order valence-electron chi connectivity index (χ0n) is 13.8. The molecule has 5 heteroatoms. The quantitative estimate of drug-likeness (QED) is 0.869. The van der Waals surface area contributed by atoms with Crippen molar-refractivity contribution in [1.82, 2.24) is 9.97 Å². The van der Waals surface area contributed by atoms with Crippen LogP contribution in [0.1, 0.15) is 39.4 Å². The van der Waals surface area contributed by atoms with Gasteiger partial charge >= 0.3 is 0 Å². The normalized spacial score (nSPS) is 10.9. The topological polar surface area (TPSA) is 56.3 Å². The zero-order chi connectivity index (χ0) is 16.1. The van der Waals surface area contributed by atoms with Crippen LogP contribution in [0.15, 0.2) is 30.5 Å². The fraction of sp³-hybridized carbons (Fsp3) is 0.412. The van der Waals surface area contributed by atoms with E-state index in [1.54, 1.807) is 13.3 Å². The van der Waals surface area contributed by atoms with Gasteiger partial charge in [-0.25, -0.2) is 9.97 Å². The van der Waals surface area contributed by atoms with Crippen LogP contribution < -0.4 is 14.8 Å². The second-order valence-corrected chi connectivity index (χ2v) is 5.61. The van der Waals surface area contributed by atoms with E-state index < -0.39 is 0 Å². The second-order valence-electron chi connectivity index (χ2n) is 5.61. The number of nitrogens with one attached hydrogen (secondary N) is 1. The second kappa shape index (κ2) is 7.11. The number of hydrogen-bond donors (Lipinski definition) is 1. The van der Waals surface area contributed by atoms with E-state index >= 15 is 0 Å². The predicted molar refractivity (Wildman–Crippen MR) is 88.2 cm³/mol. The number of methoxy groups -OCH3 is 1. The van der Waals surface area contributed by atoms with Crippen molar-refractivity contribution in [3.63, 3.8) is 0 Å². The van der Waals surface area contributed by atoms with Gasteiger partial charge < -0.3 is 14.8 Å². The standard InChI is InChI=1S/C17H23N3O2/c1-11(2)17-18-9-8-16(20-17)19-13-6-7-14(22-12(3)4)15(10-13)21-5/h6-12H,1-5H3,(H,18,19,20). The molecule has 0 aliphatic heterocycles. The van der Waals surface area contributed by atoms with E-state index in [1.165, 1.54) is 0 Å². The van der Waals surface area contributed by atoms with Crippen molar-refractivity contribution in [3.05, 3.63) is 36.3 Å². The third-order valence-corrected chi connectivity index (χ3v) is 2.99. The maximum atomic E-state index is 5.71. The Morgan fingerprint density at radius 2 is 1.82 bits per heavy atom. The van der Waals surface area contributed by atoms with E-state index in [0.29, 0.717) is 5.75 Å². The van der Waals surface area contributed by atoms with Gasteiger partial charge in [0.05, 0.1) is 13.2 Å². The van der Waals surface area contributed by atoms with Crippen molar-refractivity contribution in [2.45, 2.75) is 39.7 Å². The Morgan fingerprint density at radius 1 is 1.05 bits per heavy atom. The molecular weight excluding hydrogens is 278 g/mol. The first kappa shape index (κ1) is 16.1. The summed E-state index contributed by atoms with van der Waals surface area (Å²) in [6.07, 6.45) is 1.86. The lowest BCUT2D eigenvalue weighted by Crippen LogP contribution is -2.07. The molecule has 1 aromatic carbocycles. The highest BCUT2D eigenvalue weighted by atomic mass is 16.5. The summed E-state index contributed by atoms with van der Waals surface area (Å²) >= 11 is 0. The van der Waals surface area contributed by atoms with Gasteiger partial charge in [-0.2, -0.15) is 0 Å². The minimum Gasteiger partial charge on any atom is -0.493 e. The fourth-order valence-corrected chi connectivity index (χ4v) is 1.97. The number of ether oxygens (including phenoxy) is 2. The van der Waals surface area contributed by atoms with E-state index in [-0.39, 0.29) is 12.0 Å². The molecule has 2 aromatic rings. The fourth-order valence-electron chi connectivity index (χ4n) is 1.97. The van der Waals surface area contributed by atoms with Crippen molar-refractivity contribution in [2.75, 3.05) is 12.4 Å². The highest BCUT2D eigenvalue weighted by Crippen LogP contribution is 2.32. The number of anilines is 2. The third kappa shape index (κ3) is 4.10. The molecule has 1 heterocycles. The van der Waals surface area contributed by atoms with Crippen LogP contribution in [0, 0.1) is 0 Å². The molecule has 0 amide bonds. The summed E-state index contributed by atoms with van der Waals surface area (Å²) in [6, 6.07) is 7.58. The van der Waals surface area contributed by atoms with Crippen molar-refractivity contribution < 1.29 is 9.47 Å². The zero-order valence-corrected chi connectivity index (χ0v) is 13.8. The lowest BCUT2D eigenvalue weighted by Gasteiger charge is -2.15. The smallest absolute Gasteiger partial charge is 0.162 e. The van der Waals surface area contributed by atoms with Gasteiger partial charge in [0.2, 0.25) is 0 Å². The summed E-state index contributed by atoms with van der Waals surface area (Å²) < 4.78 is 11.1. The summed E-state index contributed by atoms with van der Waals surface area (Å²) in [7, 11) is 1.63. The van der Waals surface area contributed by atoms with E-state index in [0.717, 1.165) is 23.1 Å². The number of hydrogen-bond acceptors (Lipinski definition) is 5. The number of benzene rings is 1. The molecule has 0 atom stereocenters. The first-order chi connectivity index (χ1) is 10.5. The van der Waals surface area contributed by atoms with Gasteiger partial charge in [0.15, 0.2) is 11.5 Å². The molecule has 0 radical (unpaired) electrons. The number of aromatic nitrogens is 2. The van der Waals surface area contributed by atoms with Crippen LogP contribution in [-0.2, 0) is 0 Å². The van der Waals surface area contributed by atoms with E-state index in [4.69, 9.17) is 9.47 Å². The van der Waals surface area contributed by atoms with E-state index in [1.807, 2.05) is 38.1 Å². The van der Waals surface area contributed by atoms with Crippen molar-refractivity contribution in [2.24, 2.45) is 0 Å². The lowest BCUT2D eigenvalue weighted by molar-refractivity contribution is 0.230. The lowest BCUT2D eigenvalue weighted by atomic mass is 10.2. The van der Waals surface area contributed by atoms with Crippen LogP contribution in [0.2, 0.25) is 0 Å². The molecular formula is C17H23N3O2. The van der Waals surface area contributed by atoms with Crippen molar-refractivity contribution in [3.8, 4) is 11.5 Å². The molecule has 0 bridgehead atoms. The Labute approximate surface area is 131 Å². The Kier molecular flexibility index (Phi) is 5.20. The first-order valence-corrected chi connectivity index (χ1v) is 7.44. The molecule has 22 heavy (non-hydrogen) atoms. The van der Waals surface area contributed by atoms with E-state index in [9.17, 15) is 0 Å². The predicted octanol–water partition coefficient (Wildman–Crippen LogP) is 4.14. The Bertz CT molecular complexity index is 627. The molecule has 2 rings (SSSR count). The maximum absolute atomic E-state index is 5.71. The molecule has 0 saturated carbocycles. The first-order valence-electron chi connectivity index (χ1n) is 7.44. The Hall–Kier alpha value is -2.30. The molecule has 0 saturated heterocycles. The summed E-state index contributed by atoms with van der Waals surface area (Å²) in [6.45, 7) is 8.11. The summed E-state index contributed by atoms with van der Waals surface area (Å²) in [5.41, 5.74) is 0.890. The minimum absolute atomic E-state index is 0.100. The maximum Gasteiger partial charge on any atom is 0.162 e. The molecule has 5 nitrogen and oxygen atoms in total. The molecule has 118 valence electrons. The third-order valence-electron chi connectivity index (χ3n) is 2.99. The summed E-state index contributed by atoms with van der Waals surface area (Å²) in [5.74, 6) is 3.29. The van der Waals surface area contributed by atoms with Crippen molar-refractivity contribution >= 4 is 11.5 Å². The SMILES string of the molecule is COc1cc(Nc2ccnc(C(C)C)n2)ccc1OC(C)C. The average Bonchev–Trinajstić information content (AvgIpc) is 2.48. The Balaban J connectivity index is 2.21. The van der Waals surface area contributed by atoms with Gasteiger partial charge in [-0.05, 0) is 32.0 Å². The van der Waals surface area contributed by atoms with Crippen LogP contribution in [0.25, 0.3) is 0 Å². The highest BCUT2D eigenvalue weighted by Gasteiger charge is 2.09.